The van der Waals surface area contributed by atoms with Crippen LogP contribution in [0.4, 0.5) is 0 Å². The van der Waals surface area contributed by atoms with Crippen LogP contribution in [0.15, 0.2) is 41.3 Å². The van der Waals surface area contributed by atoms with Gasteiger partial charge in [-0.25, -0.2) is 8.42 Å². The van der Waals surface area contributed by atoms with Crippen molar-refractivity contribution in [3.8, 4) is 0 Å². The molecule has 1 spiro atoms. The van der Waals surface area contributed by atoms with E-state index in [-0.39, 0.29) is 23.2 Å². The second kappa shape index (κ2) is 5.00. The maximum atomic E-state index is 13.1. The molecule has 23 heavy (non-hydrogen) atoms. The molecule has 0 saturated carbocycles. The first-order valence-electron chi connectivity index (χ1n) is 7.91. The number of nitrogens with zero attached hydrogens (tertiary/aromatic N) is 1. The Bertz CT molecular complexity index is 783. The molecule has 6 heteroatoms. The summed E-state index contributed by atoms with van der Waals surface area (Å²) in [5.74, 6) is -0.0402. The Kier molecular flexibility index (Phi) is 3.27. The zero-order valence-corrected chi connectivity index (χ0v) is 13.8. The van der Waals surface area contributed by atoms with Gasteiger partial charge in [0.1, 0.15) is 11.6 Å². The van der Waals surface area contributed by atoms with Crippen molar-refractivity contribution in [2.75, 3.05) is 6.54 Å². The summed E-state index contributed by atoms with van der Waals surface area (Å²) in [5, 5.41) is 0. The molecule has 0 radical (unpaired) electrons. The van der Waals surface area contributed by atoms with Gasteiger partial charge in [0.2, 0.25) is 10.0 Å². The van der Waals surface area contributed by atoms with Crippen LogP contribution in [0.2, 0.25) is 0 Å². The summed E-state index contributed by atoms with van der Waals surface area (Å²) < 4.78 is 33.5. The van der Waals surface area contributed by atoms with Gasteiger partial charge in [-0.2, -0.15) is 4.31 Å². The van der Waals surface area contributed by atoms with Gasteiger partial charge in [-0.3, -0.25) is 4.79 Å². The highest BCUT2D eigenvalue weighted by molar-refractivity contribution is 7.89. The number of hydrogen-bond acceptors (Lipinski definition) is 4. The van der Waals surface area contributed by atoms with Crippen LogP contribution >= 0.6 is 0 Å². The first-order chi connectivity index (χ1) is 10.9. The topological polar surface area (TPSA) is 63.7 Å². The van der Waals surface area contributed by atoms with Crippen molar-refractivity contribution in [3.63, 3.8) is 0 Å². The fourth-order valence-electron chi connectivity index (χ4n) is 3.91. The van der Waals surface area contributed by atoms with Crippen LogP contribution in [-0.4, -0.2) is 42.8 Å². The lowest BCUT2D eigenvalue weighted by molar-refractivity contribution is -0.155. The zero-order valence-electron chi connectivity index (χ0n) is 12.9. The average molecular weight is 333 g/mol. The largest absolute Gasteiger partial charge is 0.361 e. The highest BCUT2D eigenvalue weighted by Crippen LogP contribution is 2.44. The molecule has 0 N–H and O–H groups in total. The molecular weight excluding hydrogens is 314 g/mol. The molecule has 2 saturated heterocycles. The molecule has 5 nitrogen and oxygen atoms in total. The number of benzene rings is 1. The smallest absolute Gasteiger partial charge is 0.243 e. The minimum atomic E-state index is -3.71. The monoisotopic (exact) mass is 333 g/mol. The van der Waals surface area contributed by atoms with E-state index in [1.807, 2.05) is 19.1 Å². The number of piperidine rings is 1. The molecule has 1 aromatic rings. The third-order valence-electron chi connectivity index (χ3n) is 5.00. The van der Waals surface area contributed by atoms with Crippen molar-refractivity contribution < 1.29 is 17.9 Å². The van der Waals surface area contributed by atoms with Crippen LogP contribution in [-0.2, 0) is 19.6 Å². The zero-order chi connectivity index (χ0) is 16.2. The van der Waals surface area contributed by atoms with E-state index in [0.29, 0.717) is 19.4 Å². The van der Waals surface area contributed by atoms with Gasteiger partial charge in [-0.15, -0.1) is 0 Å². The van der Waals surface area contributed by atoms with Crippen LogP contribution < -0.4 is 0 Å². The van der Waals surface area contributed by atoms with E-state index in [1.54, 1.807) is 24.3 Å². The maximum Gasteiger partial charge on any atom is 0.243 e. The van der Waals surface area contributed by atoms with Crippen molar-refractivity contribution in [3.05, 3.63) is 42.0 Å². The van der Waals surface area contributed by atoms with Crippen LogP contribution in [0.25, 0.3) is 0 Å². The van der Waals surface area contributed by atoms with Gasteiger partial charge in [0.05, 0.1) is 11.0 Å². The van der Waals surface area contributed by atoms with Crippen molar-refractivity contribution in [1.82, 2.24) is 4.31 Å². The van der Waals surface area contributed by atoms with Gasteiger partial charge in [-0.05, 0) is 31.9 Å². The maximum absolute atomic E-state index is 13.1. The molecule has 0 aliphatic carbocycles. The Labute approximate surface area is 136 Å². The number of aryl methyl sites for hydroxylation is 1. The number of ketones is 1. The number of carbonyl (C=O) groups is 1. The summed E-state index contributed by atoms with van der Waals surface area (Å²) in [4.78, 5) is 12.8. The quantitative estimate of drug-likeness (QED) is 0.775. The molecule has 2 fully saturated rings. The summed E-state index contributed by atoms with van der Waals surface area (Å²) >= 11 is 0. The molecule has 2 bridgehead atoms. The van der Waals surface area contributed by atoms with E-state index >= 15 is 0 Å². The molecule has 3 aliphatic heterocycles. The van der Waals surface area contributed by atoms with E-state index in [0.717, 1.165) is 5.56 Å². The lowest BCUT2D eigenvalue weighted by atomic mass is 9.82. The highest BCUT2D eigenvalue weighted by Gasteiger charge is 2.57. The van der Waals surface area contributed by atoms with Crippen LogP contribution in [0.5, 0.6) is 0 Å². The molecule has 0 amide bonds. The fraction of sp³-hybridized carbons (Fsp3) is 0.471. The summed E-state index contributed by atoms with van der Waals surface area (Å²) in [5.41, 5.74) is 0.230. The Morgan fingerprint density at radius 1 is 1.26 bits per heavy atom. The number of hydrogen-bond donors (Lipinski definition) is 0. The number of fused-ring (bicyclic) bond motifs is 1. The summed E-state index contributed by atoms with van der Waals surface area (Å²) in [6, 6.07) is 6.02. The highest BCUT2D eigenvalue weighted by atomic mass is 32.2. The molecule has 1 aromatic carbocycles. The minimum Gasteiger partial charge on any atom is -0.361 e. The van der Waals surface area contributed by atoms with E-state index < -0.39 is 21.7 Å². The third kappa shape index (κ3) is 2.20. The summed E-state index contributed by atoms with van der Waals surface area (Å²) in [6.45, 7) is 2.27. The standard InChI is InChI=1S/C17H19NO4S/c1-12-3-5-14(6-4-12)23(20,21)18-10-2-8-17-9-7-13(22-17)11-15(19)16(17)18/h3-7,9,13,16H,2,8,10-11H2,1H3/t13-,16?,17+/m0/s1. The van der Waals surface area contributed by atoms with Crippen LogP contribution in [0.3, 0.4) is 0 Å². The Morgan fingerprint density at radius 2 is 2.00 bits per heavy atom. The predicted octanol–water partition coefficient (Wildman–Crippen LogP) is 1.81. The lowest BCUT2D eigenvalue weighted by Gasteiger charge is -2.47. The number of sulfonamides is 1. The third-order valence-corrected chi connectivity index (χ3v) is 6.87. The van der Waals surface area contributed by atoms with Gasteiger partial charge in [0, 0.05) is 13.0 Å². The van der Waals surface area contributed by atoms with Crippen molar-refractivity contribution in [2.45, 2.75) is 48.8 Å². The average Bonchev–Trinajstić information content (AvgIpc) is 2.84. The van der Waals surface area contributed by atoms with Crippen molar-refractivity contribution in [2.24, 2.45) is 0 Å². The minimum absolute atomic E-state index is 0.0402. The van der Waals surface area contributed by atoms with Crippen LogP contribution in [0, 0.1) is 6.92 Å². The van der Waals surface area contributed by atoms with E-state index in [9.17, 15) is 13.2 Å². The van der Waals surface area contributed by atoms with Crippen molar-refractivity contribution >= 4 is 15.8 Å². The Morgan fingerprint density at radius 3 is 2.74 bits per heavy atom. The number of ether oxygens (including phenoxy) is 1. The molecule has 3 atom stereocenters. The van der Waals surface area contributed by atoms with E-state index in [1.165, 1.54) is 4.31 Å². The first kappa shape index (κ1) is 15.1. The molecule has 122 valence electrons. The number of Topliss-reactive ketones (excluding diaryl/α,β-unsaturated/α-hetero) is 1. The van der Waals surface area contributed by atoms with Gasteiger partial charge >= 0.3 is 0 Å². The molecule has 4 rings (SSSR count). The normalized spacial score (nSPS) is 33.7. The van der Waals surface area contributed by atoms with Crippen LogP contribution in [0.1, 0.15) is 24.8 Å². The van der Waals surface area contributed by atoms with Crippen molar-refractivity contribution in [1.29, 1.82) is 0 Å². The Hall–Kier alpha value is -1.50. The lowest BCUT2D eigenvalue weighted by Crippen LogP contribution is -2.64. The van der Waals surface area contributed by atoms with E-state index in [2.05, 4.69) is 0 Å². The molecular formula is C17H19NO4S. The van der Waals surface area contributed by atoms with Gasteiger partial charge in [0.15, 0.2) is 5.78 Å². The predicted molar refractivity (Wildman–Crippen MR) is 84.5 cm³/mol. The fourth-order valence-corrected chi connectivity index (χ4v) is 5.60. The van der Waals surface area contributed by atoms with Gasteiger partial charge in [0.25, 0.3) is 0 Å². The SMILES string of the molecule is Cc1ccc(S(=O)(=O)N2CCC[C@@]34C=C[C@@H](CC(=O)C23)O4)cc1. The van der Waals surface area contributed by atoms with Gasteiger partial charge < -0.3 is 4.74 Å². The number of rotatable bonds is 2. The number of carbonyl (C=O) groups excluding carboxylic acids is 1. The molecule has 1 unspecified atom stereocenters. The Balaban J connectivity index is 1.77. The first-order valence-corrected chi connectivity index (χ1v) is 9.35. The molecule has 3 heterocycles. The second-order valence-corrected chi connectivity index (χ2v) is 8.47. The molecule has 3 aliphatic rings. The van der Waals surface area contributed by atoms with Gasteiger partial charge in [-0.1, -0.05) is 29.8 Å². The summed E-state index contributed by atoms with van der Waals surface area (Å²) in [7, 11) is -3.71. The summed E-state index contributed by atoms with van der Waals surface area (Å²) in [6.07, 6.45) is 5.25. The van der Waals surface area contributed by atoms with E-state index in [4.69, 9.17) is 4.74 Å². The molecule has 0 aromatic heterocycles. The second-order valence-electron chi connectivity index (χ2n) is 6.58.